The number of rotatable bonds is 8. The number of hydrogen-bond acceptors (Lipinski definition) is 3. The largest absolute Gasteiger partial charge is 0.480 e. The van der Waals surface area contributed by atoms with Gasteiger partial charge in [0.15, 0.2) is 0 Å². The molecule has 0 atom stereocenters. The fraction of sp³-hybridized carbons (Fsp3) is 0.286. The molecular weight excluding hydrogens is 358 g/mol. The molecule has 0 aliphatic carbocycles. The van der Waals surface area contributed by atoms with Crippen LogP contribution >= 0.6 is 0 Å². The summed E-state index contributed by atoms with van der Waals surface area (Å²) in [6.45, 7) is 3.63. The summed E-state index contributed by atoms with van der Waals surface area (Å²) in [7, 11) is 0. The molecule has 3 N–H and O–H groups in total. The first-order valence-corrected chi connectivity index (χ1v) is 9.07. The van der Waals surface area contributed by atoms with Crippen molar-refractivity contribution in [2.45, 2.75) is 26.3 Å². The monoisotopic (exact) mass is 383 g/mol. The highest BCUT2D eigenvalue weighted by Gasteiger charge is 2.18. The lowest BCUT2D eigenvalue weighted by molar-refractivity contribution is -0.137. The molecule has 0 spiro atoms. The zero-order valence-corrected chi connectivity index (χ0v) is 16.0. The number of nitrogens with zero attached hydrogens (tertiary/aromatic N) is 1. The maximum Gasteiger partial charge on any atom is 0.323 e. The molecule has 7 heteroatoms. The topological polar surface area (TPSA) is 98.7 Å². The number of nitrogens with one attached hydrogen (secondary N) is 2. The zero-order chi connectivity index (χ0) is 20.5. The molecule has 2 aromatic carbocycles. The second-order valence-electron chi connectivity index (χ2n) is 6.69. The van der Waals surface area contributed by atoms with E-state index in [9.17, 15) is 14.4 Å². The van der Waals surface area contributed by atoms with E-state index in [0.717, 1.165) is 5.56 Å². The van der Waals surface area contributed by atoms with Gasteiger partial charge in [0.1, 0.15) is 6.54 Å². The number of benzene rings is 2. The van der Waals surface area contributed by atoms with Crippen LogP contribution < -0.4 is 10.6 Å². The van der Waals surface area contributed by atoms with E-state index in [-0.39, 0.29) is 24.5 Å². The molecule has 0 aliphatic heterocycles. The molecule has 2 rings (SSSR count). The Hall–Kier alpha value is -3.35. The van der Waals surface area contributed by atoms with Crippen molar-refractivity contribution in [1.82, 2.24) is 10.2 Å². The van der Waals surface area contributed by atoms with Crippen LogP contribution in [0.1, 0.15) is 29.8 Å². The van der Waals surface area contributed by atoms with Crippen LogP contribution in [-0.2, 0) is 11.2 Å². The van der Waals surface area contributed by atoms with Gasteiger partial charge in [-0.1, -0.05) is 30.3 Å². The molecule has 0 saturated carbocycles. The third-order valence-corrected chi connectivity index (χ3v) is 3.94. The van der Waals surface area contributed by atoms with Gasteiger partial charge < -0.3 is 20.6 Å². The van der Waals surface area contributed by atoms with Gasteiger partial charge in [-0.2, -0.15) is 0 Å². The van der Waals surface area contributed by atoms with Crippen LogP contribution in [0.4, 0.5) is 10.5 Å². The Balaban J connectivity index is 2.04. The summed E-state index contributed by atoms with van der Waals surface area (Å²) < 4.78 is 0. The van der Waals surface area contributed by atoms with E-state index in [1.807, 2.05) is 44.2 Å². The van der Waals surface area contributed by atoms with Gasteiger partial charge in [-0.15, -0.1) is 0 Å². The lowest BCUT2D eigenvalue weighted by Gasteiger charge is -2.21. The Morgan fingerprint density at radius 2 is 1.64 bits per heavy atom. The van der Waals surface area contributed by atoms with Crippen LogP contribution in [0, 0.1) is 0 Å². The normalized spacial score (nSPS) is 10.4. The fourth-order valence-corrected chi connectivity index (χ4v) is 2.63. The van der Waals surface area contributed by atoms with Crippen molar-refractivity contribution in [3.63, 3.8) is 0 Å². The lowest BCUT2D eigenvalue weighted by atomic mass is 10.1. The van der Waals surface area contributed by atoms with Crippen molar-refractivity contribution in [2.24, 2.45) is 0 Å². The van der Waals surface area contributed by atoms with E-state index in [2.05, 4.69) is 10.6 Å². The Morgan fingerprint density at radius 3 is 2.21 bits per heavy atom. The molecule has 3 amide bonds. The second-order valence-corrected chi connectivity index (χ2v) is 6.69. The molecule has 2 aromatic rings. The SMILES string of the molecule is CC(C)NC(=O)Nc1ccc(C(=O)N(CCc2ccccc2)CC(=O)O)cc1. The molecule has 0 unspecified atom stereocenters. The minimum Gasteiger partial charge on any atom is -0.480 e. The minimum absolute atomic E-state index is 0.00930. The molecule has 0 radical (unpaired) electrons. The Kier molecular flexibility index (Phi) is 7.56. The van der Waals surface area contributed by atoms with Crippen LogP contribution in [0.15, 0.2) is 54.6 Å². The summed E-state index contributed by atoms with van der Waals surface area (Å²) in [5.74, 6) is -1.43. The molecular formula is C21H25N3O4. The predicted octanol–water partition coefficient (Wildman–Crippen LogP) is 2.99. The predicted molar refractivity (Wildman–Crippen MR) is 107 cm³/mol. The quantitative estimate of drug-likeness (QED) is 0.653. The number of anilines is 1. The van der Waals surface area contributed by atoms with Crippen LogP contribution in [0.3, 0.4) is 0 Å². The lowest BCUT2D eigenvalue weighted by Crippen LogP contribution is -2.37. The number of urea groups is 1. The highest BCUT2D eigenvalue weighted by atomic mass is 16.4. The molecule has 0 aliphatic rings. The van der Waals surface area contributed by atoms with Crippen molar-refractivity contribution in [3.8, 4) is 0 Å². The second kappa shape index (κ2) is 10.1. The molecule has 0 saturated heterocycles. The molecule has 0 heterocycles. The Bertz CT molecular complexity index is 804. The average molecular weight is 383 g/mol. The number of carboxylic acid groups (broad SMARTS) is 1. The summed E-state index contributed by atoms with van der Waals surface area (Å²) in [5.41, 5.74) is 1.94. The van der Waals surface area contributed by atoms with Crippen LogP contribution in [-0.4, -0.2) is 47.0 Å². The van der Waals surface area contributed by atoms with E-state index < -0.39 is 5.97 Å². The first-order valence-electron chi connectivity index (χ1n) is 9.07. The van der Waals surface area contributed by atoms with E-state index >= 15 is 0 Å². The summed E-state index contributed by atoms with van der Waals surface area (Å²) in [6.07, 6.45) is 0.564. The number of carboxylic acids is 1. The van der Waals surface area contributed by atoms with Crippen molar-refractivity contribution in [2.75, 3.05) is 18.4 Å². The van der Waals surface area contributed by atoms with E-state index in [0.29, 0.717) is 24.2 Å². The number of carbonyl (C=O) groups excluding carboxylic acids is 2. The number of carbonyl (C=O) groups is 3. The van der Waals surface area contributed by atoms with Crippen molar-refractivity contribution >= 4 is 23.6 Å². The third kappa shape index (κ3) is 6.75. The summed E-state index contributed by atoms with van der Waals surface area (Å²) >= 11 is 0. The Labute approximate surface area is 164 Å². The highest BCUT2D eigenvalue weighted by Crippen LogP contribution is 2.13. The maximum absolute atomic E-state index is 12.7. The van der Waals surface area contributed by atoms with Crippen molar-refractivity contribution in [1.29, 1.82) is 0 Å². The minimum atomic E-state index is -1.06. The van der Waals surface area contributed by atoms with E-state index in [1.165, 1.54) is 4.90 Å². The third-order valence-electron chi connectivity index (χ3n) is 3.94. The van der Waals surface area contributed by atoms with Crippen molar-refractivity contribution < 1.29 is 19.5 Å². The standard InChI is InChI=1S/C21H25N3O4/c1-15(2)22-21(28)23-18-10-8-17(9-11-18)20(27)24(14-19(25)26)13-12-16-6-4-3-5-7-16/h3-11,15H,12-14H2,1-2H3,(H,25,26)(H2,22,23,28). The summed E-state index contributed by atoms with van der Waals surface area (Å²) in [4.78, 5) is 37.0. The van der Waals surface area contributed by atoms with Crippen LogP contribution in [0.25, 0.3) is 0 Å². The fourth-order valence-electron chi connectivity index (χ4n) is 2.63. The van der Waals surface area contributed by atoms with Gasteiger partial charge in [0, 0.05) is 23.8 Å². The van der Waals surface area contributed by atoms with E-state index in [1.54, 1.807) is 24.3 Å². The molecule has 148 valence electrons. The molecule has 28 heavy (non-hydrogen) atoms. The Morgan fingerprint density at radius 1 is 1.00 bits per heavy atom. The first kappa shape index (κ1) is 21.0. The van der Waals surface area contributed by atoms with E-state index in [4.69, 9.17) is 5.11 Å². The molecule has 7 nitrogen and oxygen atoms in total. The average Bonchev–Trinajstić information content (AvgIpc) is 2.65. The van der Waals surface area contributed by atoms with Gasteiger partial charge in [-0.25, -0.2) is 4.79 Å². The molecule has 0 aromatic heterocycles. The van der Waals surface area contributed by atoms with Gasteiger partial charge in [-0.3, -0.25) is 9.59 Å². The van der Waals surface area contributed by atoms with Gasteiger partial charge in [0.05, 0.1) is 0 Å². The molecule has 0 bridgehead atoms. The molecule has 0 fully saturated rings. The number of amides is 3. The summed E-state index contributed by atoms with van der Waals surface area (Å²) in [5, 5.41) is 14.5. The number of hydrogen-bond donors (Lipinski definition) is 3. The van der Waals surface area contributed by atoms with Crippen LogP contribution in [0.2, 0.25) is 0 Å². The van der Waals surface area contributed by atoms with Gasteiger partial charge in [0.2, 0.25) is 0 Å². The maximum atomic E-state index is 12.7. The smallest absolute Gasteiger partial charge is 0.323 e. The first-order chi connectivity index (χ1) is 13.3. The van der Waals surface area contributed by atoms with Crippen molar-refractivity contribution in [3.05, 3.63) is 65.7 Å². The van der Waals surface area contributed by atoms with Crippen LogP contribution in [0.5, 0.6) is 0 Å². The summed E-state index contributed by atoms with van der Waals surface area (Å²) in [6, 6.07) is 15.6. The van der Waals surface area contributed by atoms with Gasteiger partial charge >= 0.3 is 12.0 Å². The zero-order valence-electron chi connectivity index (χ0n) is 16.0. The highest BCUT2D eigenvalue weighted by molar-refractivity contribution is 5.97. The number of aliphatic carboxylic acids is 1. The van der Waals surface area contributed by atoms with Gasteiger partial charge in [0.25, 0.3) is 5.91 Å². The van der Waals surface area contributed by atoms with Gasteiger partial charge in [-0.05, 0) is 50.1 Å².